The van der Waals surface area contributed by atoms with Crippen LogP contribution in [-0.4, -0.2) is 85.0 Å². The predicted molar refractivity (Wildman–Crippen MR) is 151 cm³/mol. The summed E-state index contributed by atoms with van der Waals surface area (Å²) in [6.07, 6.45) is 2.39. The number of piperazine rings is 2. The molecule has 1 amide bonds. The number of carboxylic acid groups (broad SMARTS) is 1. The molecule has 2 aromatic carbocycles. The Morgan fingerprint density at radius 1 is 0.944 bits per heavy atom. The van der Waals surface area contributed by atoms with Gasteiger partial charge in [-0.05, 0) is 37.0 Å². The molecule has 3 unspecified atom stereocenters. The summed E-state index contributed by atoms with van der Waals surface area (Å²) in [6.45, 7) is 5.49. The van der Waals surface area contributed by atoms with E-state index in [1.54, 1.807) is 4.90 Å². The molecule has 200 valence electrons. The van der Waals surface area contributed by atoms with Crippen molar-refractivity contribution in [2.24, 2.45) is 0 Å². The number of hydrogen-bond acceptors (Lipinski definition) is 5. The zero-order valence-corrected chi connectivity index (χ0v) is 22.8. The van der Waals surface area contributed by atoms with Crippen molar-refractivity contribution in [3.8, 4) is 5.75 Å². The highest BCUT2D eigenvalue weighted by Gasteiger charge is 2.37. The minimum absolute atomic E-state index is 0. The van der Waals surface area contributed by atoms with Crippen LogP contribution in [0.25, 0.3) is 0 Å². The summed E-state index contributed by atoms with van der Waals surface area (Å²) in [5, 5.41) is 13.2. The number of anilines is 1. The van der Waals surface area contributed by atoms with Crippen LogP contribution in [0.5, 0.6) is 5.75 Å². The number of nitrogens with zero attached hydrogens (tertiary/aromatic N) is 3. The standard InChI is InChI=1S/C26H34N4O3.3ClH/c31-26(32)29-13-12-28(19-23(29)16-20-6-2-1-3-7-20)14-15-33-25-9-5-4-8-24(25)30-21-10-11-22(30)18-27-17-21;;;/h1-9,21-23,27H,10-19H2,(H,31,32);3*1H. The normalized spacial score (nSPS) is 23.2. The van der Waals surface area contributed by atoms with Crippen molar-refractivity contribution in [1.82, 2.24) is 15.1 Å². The lowest BCUT2D eigenvalue weighted by Gasteiger charge is -2.40. The number of nitrogens with one attached hydrogen (secondary N) is 1. The van der Waals surface area contributed by atoms with Crippen molar-refractivity contribution in [3.05, 3.63) is 60.2 Å². The number of rotatable bonds is 7. The Balaban J connectivity index is 0.00000152. The molecule has 5 rings (SSSR count). The van der Waals surface area contributed by atoms with Crippen LogP contribution in [0.2, 0.25) is 0 Å². The van der Waals surface area contributed by atoms with Crippen molar-refractivity contribution in [1.29, 1.82) is 0 Å². The van der Waals surface area contributed by atoms with Crippen LogP contribution >= 0.6 is 37.2 Å². The van der Waals surface area contributed by atoms with E-state index in [0.717, 1.165) is 44.9 Å². The van der Waals surface area contributed by atoms with E-state index < -0.39 is 6.09 Å². The summed E-state index contributed by atoms with van der Waals surface area (Å²) >= 11 is 0. The van der Waals surface area contributed by atoms with Gasteiger partial charge < -0.3 is 25.0 Å². The van der Waals surface area contributed by atoms with Gasteiger partial charge in [-0.3, -0.25) is 4.90 Å². The number of amides is 1. The molecule has 3 aliphatic heterocycles. The van der Waals surface area contributed by atoms with E-state index in [9.17, 15) is 9.90 Å². The van der Waals surface area contributed by atoms with Crippen LogP contribution in [0.15, 0.2) is 54.6 Å². The zero-order chi connectivity index (χ0) is 22.6. The highest BCUT2D eigenvalue weighted by atomic mass is 35.5. The lowest BCUT2D eigenvalue weighted by molar-refractivity contribution is 0.0618. The van der Waals surface area contributed by atoms with Gasteiger partial charge in [-0.15, -0.1) is 37.2 Å². The van der Waals surface area contributed by atoms with E-state index in [1.165, 1.54) is 24.1 Å². The van der Waals surface area contributed by atoms with E-state index in [0.29, 0.717) is 25.2 Å². The Bertz CT molecular complexity index is 939. The van der Waals surface area contributed by atoms with Gasteiger partial charge in [0.1, 0.15) is 12.4 Å². The molecule has 0 saturated carbocycles. The fourth-order valence-corrected chi connectivity index (χ4v) is 5.68. The SMILES string of the molecule is Cl.Cl.Cl.O=C(O)N1CCN(CCOc2ccccc2N2C3CCC2CNC3)CC1Cc1ccccc1. The molecule has 3 saturated heterocycles. The maximum atomic E-state index is 11.8. The molecule has 0 aromatic heterocycles. The first-order chi connectivity index (χ1) is 16.2. The molecule has 7 nitrogen and oxygen atoms in total. The molecule has 3 fully saturated rings. The second-order valence-corrected chi connectivity index (χ2v) is 9.39. The number of benzene rings is 2. The van der Waals surface area contributed by atoms with Gasteiger partial charge in [-0.1, -0.05) is 42.5 Å². The zero-order valence-electron chi connectivity index (χ0n) is 20.3. The molecule has 3 atom stereocenters. The molecule has 0 aliphatic carbocycles. The van der Waals surface area contributed by atoms with E-state index >= 15 is 0 Å². The third-order valence-electron chi connectivity index (χ3n) is 7.32. The second kappa shape index (κ2) is 14.1. The summed E-state index contributed by atoms with van der Waals surface area (Å²) in [5.41, 5.74) is 2.38. The largest absolute Gasteiger partial charge is 0.490 e. The molecule has 10 heteroatoms. The fourth-order valence-electron chi connectivity index (χ4n) is 5.68. The van der Waals surface area contributed by atoms with Gasteiger partial charge in [0.15, 0.2) is 0 Å². The molecule has 0 radical (unpaired) electrons. The maximum absolute atomic E-state index is 11.8. The summed E-state index contributed by atoms with van der Waals surface area (Å²) in [4.78, 5) is 18.3. The van der Waals surface area contributed by atoms with Crippen molar-refractivity contribution in [3.63, 3.8) is 0 Å². The number of fused-ring (bicyclic) bond motifs is 2. The molecular formula is C26H37Cl3N4O3. The highest BCUT2D eigenvalue weighted by Crippen LogP contribution is 2.38. The van der Waals surface area contributed by atoms with Crippen LogP contribution in [0.4, 0.5) is 10.5 Å². The summed E-state index contributed by atoms with van der Waals surface area (Å²) in [7, 11) is 0. The minimum Gasteiger partial charge on any atom is -0.490 e. The van der Waals surface area contributed by atoms with E-state index in [1.807, 2.05) is 24.3 Å². The third kappa shape index (κ3) is 6.90. The lowest BCUT2D eigenvalue weighted by Crippen LogP contribution is -2.56. The molecular weight excluding hydrogens is 523 g/mol. The topological polar surface area (TPSA) is 68.3 Å². The number of halogens is 3. The monoisotopic (exact) mass is 558 g/mol. The Morgan fingerprint density at radius 3 is 2.31 bits per heavy atom. The first kappa shape index (κ1) is 30.3. The van der Waals surface area contributed by atoms with Gasteiger partial charge in [0.05, 0.1) is 11.7 Å². The molecule has 3 heterocycles. The van der Waals surface area contributed by atoms with Crippen LogP contribution < -0.4 is 15.0 Å². The van der Waals surface area contributed by atoms with Crippen molar-refractivity contribution in [2.45, 2.75) is 37.4 Å². The lowest BCUT2D eigenvalue weighted by atomic mass is 10.0. The summed E-state index contributed by atoms with van der Waals surface area (Å²) in [6, 6.07) is 19.6. The molecule has 36 heavy (non-hydrogen) atoms. The van der Waals surface area contributed by atoms with Crippen molar-refractivity contribution < 1.29 is 14.6 Å². The fraction of sp³-hybridized carbons (Fsp3) is 0.500. The van der Waals surface area contributed by atoms with Crippen molar-refractivity contribution >= 4 is 49.0 Å². The Kier molecular flexibility index (Phi) is 11.9. The van der Waals surface area contributed by atoms with E-state index in [-0.39, 0.29) is 43.3 Å². The summed E-state index contributed by atoms with van der Waals surface area (Å²) < 4.78 is 6.31. The van der Waals surface area contributed by atoms with Crippen LogP contribution in [0.1, 0.15) is 18.4 Å². The third-order valence-corrected chi connectivity index (χ3v) is 7.32. The Labute approximate surface area is 232 Å². The maximum Gasteiger partial charge on any atom is 0.407 e. The van der Waals surface area contributed by atoms with E-state index in [2.05, 4.69) is 45.4 Å². The smallest absolute Gasteiger partial charge is 0.407 e. The first-order valence-electron chi connectivity index (χ1n) is 12.2. The van der Waals surface area contributed by atoms with Crippen LogP contribution in [0.3, 0.4) is 0 Å². The number of para-hydroxylation sites is 2. The minimum atomic E-state index is -0.827. The number of ether oxygens (including phenoxy) is 1. The van der Waals surface area contributed by atoms with Gasteiger partial charge in [0, 0.05) is 51.4 Å². The predicted octanol–water partition coefficient (Wildman–Crippen LogP) is 4.18. The van der Waals surface area contributed by atoms with Gasteiger partial charge >= 0.3 is 6.09 Å². The molecule has 3 aliphatic rings. The Hall–Kier alpha value is -1.90. The number of carbonyl (C=O) groups is 1. The quantitative estimate of drug-likeness (QED) is 0.531. The van der Waals surface area contributed by atoms with Gasteiger partial charge in [-0.25, -0.2) is 4.79 Å². The van der Waals surface area contributed by atoms with Crippen LogP contribution in [0, 0.1) is 0 Å². The molecule has 0 spiro atoms. The summed E-state index contributed by atoms with van der Waals surface area (Å²) in [5.74, 6) is 0.960. The highest BCUT2D eigenvalue weighted by molar-refractivity contribution is 5.86. The van der Waals surface area contributed by atoms with Gasteiger partial charge in [-0.2, -0.15) is 0 Å². The van der Waals surface area contributed by atoms with Crippen LogP contribution in [-0.2, 0) is 6.42 Å². The molecule has 2 aromatic rings. The number of hydrogen-bond donors (Lipinski definition) is 2. The first-order valence-corrected chi connectivity index (χ1v) is 12.2. The van der Waals surface area contributed by atoms with Gasteiger partial charge in [0.2, 0.25) is 0 Å². The molecule has 2 bridgehead atoms. The molecule has 2 N–H and O–H groups in total. The van der Waals surface area contributed by atoms with Crippen molar-refractivity contribution in [2.75, 3.05) is 50.8 Å². The van der Waals surface area contributed by atoms with Gasteiger partial charge in [0.25, 0.3) is 0 Å². The van der Waals surface area contributed by atoms with E-state index in [4.69, 9.17) is 4.74 Å². The second-order valence-electron chi connectivity index (χ2n) is 9.39. The Morgan fingerprint density at radius 2 is 1.61 bits per heavy atom. The average molecular weight is 560 g/mol. The average Bonchev–Trinajstić information content (AvgIpc) is 3.07.